The largest absolute Gasteiger partial charge is 0.351 e. The molecule has 0 saturated carbocycles. The summed E-state index contributed by atoms with van der Waals surface area (Å²) in [7, 11) is -3.67. The zero-order valence-electron chi connectivity index (χ0n) is 23.9. The number of sulfonamides is 1. The van der Waals surface area contributed by atoms with Crippen molar-refractivity contribution in [3.05, 3.63) is 71.3 Å². The quantitative estimate of drug-likeness (QED) is 0.282. The first-order valence-electron chi connectivity index (χ1n) is 14.3. The predicted molar refractivity (Wildman–Crippen MR) is 166 cm³/mol. The molecule has 1 saturated heterocycles. The van der Waals surface area contributed by atoms with Gasteiger partial charge in [-0.1, -0.05) is 51.1 Å². The van der Waals surface area contributed by atoms with Crippen LogP contribution in [0.3, 0.4) is 0 Å². The molecule has 1 aromatic heterocycles. The maximum atomic E-state index is 13.6. The minimum Gasteiger partial charge on any atom is -0.351 e. The highest BCUT2D eigenvalue weighted by molar-refractivity contribution is 8.18. The number of hydrogen-bond acceptors (Lipinski definition) is 6. The summed E-state index contributed by atoms with van der Waals surface area (Å²) in [6.07, 6.45) is 7.38. The van der Waals surface area contributed by atoms with Gasteiger partial charge < -0.3 is 4.90 Å². The van der Waals surface area contributed by atoms with Crippen LogP contribution in [-0.4, -0.2) is 64.7 Å². The number of hydrogen-bond donors (Lipinski definition) is 0. The van der Waals surface area contributed by atoms with Crippen LogP contribution in [0, 0.1) is 5.92 Å². The summed E-state index contributed by atoms with van der Waals surface area (Å²) in [4.78, 5) is 20.3. The number of likely N-dealkylation sites (tertiary alicyclic amines) is 1. The lowest BCUT2D eigenvalue weighted by Crippen LogP contribution is -2.35. The van der Waals surface area contributed by atoms with E-state index in [9.17, 15) is 13.2 Å². The lowest BCUT2D eigenvalue weighted by molar-refractivity contribution is -0.113. The smallest absolute Gasteiger partial charge is 0.286 e. The maximum absolute atomic E-state index is 13.6. The molecule has 0 aliphatic carbocycles. The monoisotopic (exact) mass is 591 g/mol. The number of benzene rings is 2. The van der Waals surface area contributed by atoms with Crippen LogP contribution in [0.1, 0.15) is 52.0 Å². The average Bonchev–Trinajstić information content (AvgIpc) is 3.57. The number of aliphatic imine (C=N–C) groups is 1. The van der Waals surface area contributed by atoms with E-state index in [2.05, 4.69) is 16.8 Å². The molecule has 2 aromatic carbocycles. The Labute approximate surface area is 247 Å². The fourth-order valence-corrected chi connectivity index (χ4v) is 7.73. The topological polar surface area (TPSA) is 87.9 Å². The zero-order chi connectivity index (χ0) is 29.0. The van der Waals surface area contributed by atoms with Gasteiger partial charge in [-0.2, -0.15) is 14.4 Å². The van der Waals surface area contributed by atoms with E-state index in [0.29, 0.717) is 35.2 Å². The van der Waals surface area contributed by atoms with Gasteiger partial charge in [0.1, 0.15) is 5.69 Å². The van der Waals surface area contributed by atoms with Crippen LogP contribution in [0.25, 0.3) is 23.0 Å². The Bertz CT molecular complexity index is 1550. The van der Waals surface area contributed by atoms with Gasteiger partial charge in [0.05, 0.1) is 15.5 Å². The van der Waals surface area contributed by atoms with E-state index in [1.54, 1.807) is 27.2 Å². The van der Waals surface area contributed by atoms with Crippen LogP contribution >= 0.6 is 11.8 Å². The molecule has 3 aromatic rings. The number of rotatable bonds is 9. The maximum Gasteiger partial charge on any atom is 0.286 e. The third kappa shape index (κ3) is 6.50. The molecule has 0 spiro atoms. The Kier molecular flexibility index (Phi) is 9.11. The Morgan fingerprint density at radius 2 is 1.73 bits per heavy atom. The number of carbonyl (C=O) groups excluding carboxylic acids is 1. The van der Waals surface area contributed by atoms with Crippen LogP contribution in [0.4, 0.5) is 0 Å². The normalized spacial score (nSPS) is 17.6. The van der Waals surface area contributed by atoms with Crippen molar-refractivity contribution in [2.24, 2.45) is 10.9 Å². The van der Waals surface area contributed by atoms with Crippen LogP contribution in [0.5, 0.6) is 0 Å². The average molecular weight is 592 g/mol. The van der Waals surface area contributed by atoms with Gasteiger partial charge in [-0.15, -0.1) is 0 Å². The van der Waals surface area contributed by atoms with Crippen molar-refractivity contribution < 1.29 is 13.2 Å². The van der Waals surface area contributed by atoms with Gasteiger partial charge in [0, 0.05) is 43.5 Å². The molecule has 1 amide bonds. The molecule has 2 aliphatic heterocycles. The van der Waals surface area contributed by atoms with E-state index in [-0.39, 0.29) is 10.8 Å². The zero-order valence-corrected chi connectivity index (χ0v) is 25.5. The number of nitrogens with zero attached hydrogens (tertiary/aromatic N) is 5. The molecule has 8 nitrogen and oxygen atoms in total. The van der Waals surface area contributed by atoms with Gasteiger partial charge in [0.15, 0.2) is 5.17 Å². The third-order valence-electron chi connectivity index (χ3n) is 7.40. The minimum absolute atomic E-state index is 0.237. The molecular weight excluding hydrogens is 555 g/mol. The van der Waals surface area contributed by atoms with Crippen LogP contribution in [0.2, 0.25) is 0 Å². The lowest BCUT2D eigenvalue weighted by Gasteiger charge is -2.30. The molecule has 41 heavy (non-hydrogen) atoms. The molecule has 0 atom stereocenters. The standard InChI is InChI=1S/C31H37N5O3S2/c1-4-16-35(17-5-2)41(38,39)27-13-9-10-24(20-27)29-25(22-36(33-29)26-11-7-6-8-12-26)21-28-30(37)32-31(40-28)34-18-14-23(3)15-19-34/h6-13,20-23H,4-5,14-19H2,1-3H3/b28-21-. The molecule has 216 valence electrons. The van der Waals surface area contributed by atoms with E-state index in [0.717, 1.165) is 55.2 Å². The van der Waals surface area contributed by atoms with Crippen molar-refractivity contribution in [3.63, 3.8) is 0 Å². The third-order valence-corrected chi connectivity index (χ3v) is 10.3. The van der Waals surface area contributed by atoms with E-state index in [4.69, 9.17) is 5.10 Å². The molecule has 2 aliphatic rings. The number of para-hydroxylation sites is 1. The minimum atomic E-state index is -3.67. The molecule has 3 heterocycles. The first-order valence-corrected chi connectivity index (χ1v) is 16.6. The van der Waals surface area contributed by atoms with Crippen LogP contribution in [-0.2, 0) is 14.8 Å². The highest BCUT2D eigenvalue weighted by Crippen LogP contribution is 2.35. The number of piperidine rings is 1. The van der Waals surface area contributed by atoms with Crippen molar-refractivity contribution in [1.29, 1.82) is 0 Å². The van der Waals surface area contributed by atoms with Crippen molar-refractivity contribution in [1.82, 2.24) is 19.0 Å². The number of amidine groups is 1. The van der Waals surface area contributed by atoms with Crippen molar-refractivity contribution in [2.75, 3.05) is 26.2 Å². The summed E-state index contributed by atoms with van der Waals surface area (Å²) in [5, 5.41) is 5.63. The van der Waals surface area contributed by atoms with Crippen molar-refractivity contribution in [3.8, 4) is 16.9 Å². The number of aromatic nitrogens is 2. The summed E-state index contributed by atoms with van der Waals surface area (Å²) in [6, 6.07) is 16.7. The first-order chi connectivity index (χ1) is 19.8. The van der Waals surface area contributed by atoms with Crippen LogP contribution in [0.15, 0.2) is 75.6 Å². The Hall–Kier alpha value is -3.21. The van der Waals surface area contributed by atoms with Crippen molar-refractivity contribution >= 4 is 38.9 Å². The SMILES string of the molecule is CCCN(CCC)S(=O)(=O)c1cccc(-c2nn(-c3ccccc3)cc2/C=C2\SC(N3CCC(C)CC3)=NC2=O)c1. The van der Waals surface area contributed by atoms with Gasteiger partial charge in [-0.05, 0) is 73.7 Å². The molecule has 0 unspecified atom stereocenters. The lowest BCUT2D eigenvalue weighted by atomic mass is 10.00. The Morgan fingerprint density at radius 3 is 2.41 bits per heavy atom. The summed E-state index contributed by atoms with van der Waals surface area (Å²) in [5.74, 6) is 0.430. The van der Waals surface area contributed by atoms with E-state index < -0.39 is 10.0 Å². The summed E-state index contributed by atoms with van der Waals surface area (Å²) < 4.78 is 30.4. The Balaban J connectivity index is 1.52. The molecular formula is C31H37N5O3S2. The summed E-state index contributed by atoms with van der Waals surface area (Å²) in [6.45, 7) is 8.96. The molecule has 0 radical (unpaired) electrons. The van der Waals surface area contributed by atoms with Gasteiger partial charge in [-0.3, -0.25) is 4.79 Å². The molecule has 10 heteroatoms. The van der Waals surface area contributed by atoms with Crippen LogP contribution < -0.4 is 0 Å². The van der Waals surface area contributed by atoms with Gasteiger partial charge >= 0.3 is 0 Å². The second-order valence-electron chi connectivity index (χ2n) is 10.6. The Morgan fingerprint density at radius 1 is 1.02 bits per heavy atom. The second-order valence-corrected chi connectivity index (χ2v) is 13.6. The molecule has 0 bridgehead atoms. The van der Waals surface area contributed by atoms with Gasteiger partial charge in [0.25, 0.3) is 5.91 Å². The van der Waals surface area contributed by atoms with Gasteiger partial charge in [-0.25, -0.2) is 13.1 Å². The molecule has 0 N–H and O–H groups in total. The molecule has 5 rings (SSSR count). The molecule has 1 fully saturated rings. The highest BCUT2D eigenvalue weighted by atomic mass is 32.2. The summed E-state index contributed by atoms with van der Waals surface area (Å²) >= 11 is 1.40. The van der Waals surface area contributed by atoms with E-state index in [1.165, 1.54) is 11.8 Å². The van der Waals surface area contributed by atoms with Gasteiger partial charge in [0.2, 0.25) is 10.0 Å². The fraction of sp³-hybridized carbons (Fsp3) is 0.387. The number of carbonyl (C=O) groups is 1. The second kappa shape index (κ2) is 12.8. The van der Waals surface area contributed by atoms with Crippen molar-refractivity contribution in [2.45, 2.75) is 51.3 Å². The number of thioether (sulfide) groups is 1. The van der Waals surface area contributed by atoms with E-state index in [1.807, 2.05) is 62.5 Å². The van der Waals surface area contributed by atoms with E-state index >= 15 is 0 Å². The first kappa shape index (κ1) is 29.3. The predicted octanol–water partition coefficient (Wildman–Crippen LogP) is 6.05. The number of amides is 1. The highest BCUT2D eigenvalue weighted by Gasteiger charge is 2.29. The summed E-state index contributed by atoms with van der Waals surface area (Å²) in [5.41, 5.74) is 2.86. The fourth-order valence-electron chi connectivity index (χ4n) is 5.11.